The number of halogens is 1. The molecule has 1 N–H and O–H groups in total. The van der Waals surface area contributed by atoms with Gasteiger partial charge in [-0.15, -0.1) is 0 Å². The number of hydrogen-bond acceptors (Lipinski definition) is 3. The molecule has 0 aromatic heterocycles. The van der Waals surface area contributed by atoms with Gasteiger partial charge in [0, 0.05) is 26.3 Å². The van der Waals surface area contributed by atoms with Crippen LogP contribution in [0.5, 0.6) is 0 Å². The summed E-state index contributed by atoms with van der Waals surface area (Å²) in [4.78, 5) is 23.4. The lowest BCUT2D eigenvalue weighted by Gasteiger charge is -2.10. The third-order valence-electron chi connectivity index (χ3n) is 2.64. The van der Waals surface area contributed by atoms with Crippen LogP contribution in [0.2, 0.25) is 0 Å². The Morgan fingerprint density at radius 3 is 2.55 bits per heavy atom. The molecule has 0 fully saturated rings. The molecule has 0 saturated carbocycles. The van der Waals surface area contributed by atoms with Crippen molar-refractivity contribution in [1.82, 2.24) is 4.90 Å². The number of amides is 1. The third-order valence-corrected chi connectivity index (χ3v) is 4.11. The van der Waals surface area contributed by atoms with Crippen molar-refractivity contribution in [1.29, 1.82) is 0 Å². The van der Waals surface area contributed by atoms with Gasteiger partial charge in [-0.05, 0) is 24.6 Å². The van der Waals surface area contributed by atoms with E-state index in [0.717, 1.165) is 18.2 Å². The van der Waals surface area contributed by atoms with Crippen molar-refractivity contribution in [3.63, 3.8) is 0 Å². The Labute approximate surface area is 118 Å². The number of carbonyl (C=O) groups is 2. The van der Waals surface area contributed by atoms with E-state index < -0.39 is 22.6 Å². The zero-order chi connectivity index (χ0) is 15.3. The maximum atomic E-state index is 13.5. The zero-order valence-electron chi connectivity index (χ0n) is 11.3. The molecular formula is C13H16FNO4S. The lowest BCUT2D eigenvalue weighted by atomic mass is 10.2. The van der Waals surface area contributed by atoms with Crippen LogP contribution in [-0.4, -0.2) is 45.9 Å². The first kappa shape index (κ1) is 16.3. The topological polar surface area (TPSA) is 74.7 Å². The van der Waals surface area contributed by atoms with Crippen molar-refractivity contribution in [2.75, 3.05) is 19.8 Å². The van der Waals surface area contributed by atoms with Gasteiger partial charge in [0.25, 0.3) is 0 Å². The van der Waals surface area contributed by atoms with Crippen LogP contribution >= 0.6 is 0 Å². The molecule has 1 rings (SSSR count). The summed E-state index contributed by atoms with van der Waals surface area (Å²) in [6, 6.07) is 3.18. The fourth-order valence-corrected chi connectivity index (χ4v) is 2.67. The predicted octanol–water partition coefficient (Wildman–Crippen LogP) is 1.50. The van der Waals surface area contributed by atoms with Crippen molar-refractivity contribution in [3.05, 3.63) is 29.6 Å². The highest BCUT2D eigenvalue weighted by molar-refractivity contribution is 7.85. The summed E-state index contributed by atoms with van der Waals surface area (Å²) in [5.74, 6) is -1.89. The largest absolute Gasteiger partial charge is 0.478 e. The molecule has 0 bridgehead atoms. The normalized spacial score (nSPS) is 11.9. The first-order valence-corrected chi connectivity index (χ1v) is 7.26. The van der Waals surface area contributed by atoms with Gasteiger partial charge in [-0.1, -0.05) is 0 Å². The molecular weight excluding hydrogens is 285 g/mol. The van der Waals surface area contributed by atoms with Crippen molar-refractivity contribution in [2.24, 2.45) is 0 Å². The van der Waals surface area contributed by atoms with E-state index in [0.29, 0.717) is 6.42 Å². The summed E-state index contributed by atoms with van der Waals surface area (Å²) in [6.45, 7) is 0. The summed E-state index contributed by atoms with van der Waals surface area (Å²) >= 11 is 0. The van der Waals surface area contributed by atoms with Crippen LogP contribution < -0.4 is 0 Å². The van der Waals surface area contributed by atoms with Gasteiger partial charge < -0.3 is 10.0 Å². The highest BCUT2D eigenvalue weighted by Crippen LogP contribution is 2.16. The molecule has 1 unspecified atom stereocenters. The highest BCUT2D eigenvalue weighted by Gasteiger charge is 2.14. The number of hydrogen-bond donors (Lipinski definition) is 1. The molecule has 1 atom stereocenters. The lowest BCUT2D eigenvalue weighted by Crippen LogP contribution is -2.21. The van der Waals surface area contributed by atoms with E-state index in [1.54, 1.807) is 14.1 Å². The minimum atomic E-state index is -1.66. The average Bonchev–Trinajstić information content (AvgIpc) is 2.38. The number of rotatable bonds is 6. The van der Waals surface area contributed by atoms with Crippen LogP contribution in [-0.2, 0) is 15.6 Å². The number of nitrogens with zero attached hydrogens (tertiary/aromatic N) is 1. The van der Waals surface area contributed by atoms with Gasteiger partial charge in [-0.25, -0.2) is 9.18 Å². The Bertz CT molecular complexity index is 545. The van der Waals surface area contributed by atoms with E-state index in [2.05, 4.69) is 0 Å². The van der Waals surface area contributed by atoms with Gasteiger partial charge >= 0.3 is 5.97 Å². The van der Waals surface area contributed by atoms with Crippen LogP contribution in [0.15, 0.2) is 23.1 Å². The first-order chi connectivity index (χ1) is 9.32. The molecule has 0 aliphatic rings. The highest BCUT2D eigenvalue weighted by atomic mass is 32.2. The molecule has 0 aliphatic carbocycles. The maximum Gasteiger partial charge on any atom is 0.335 e. The standard InChI is InChI=1S/C13H16FNO4S/c1-15(2)12(16)4-3-7-20(19)11-8-9(13(17)18)5-6-10(11)14/h5-6,8H,3-4,7H2,1-2H3,(H,17,18). The second-order valence-electron chi connectivity index (χ2n) is 4.39. The summed E-state index contributed by atoms with van der Waals surface area (Å²) < 4.78 is 25.5. The first-order valence-electron chi connectivity index (χ1n) is 5.94. The Morgan fingerprint density at radius 2 is 2.00 bits per heavy atom. The number of aromatic carboxylic acids is 1. The molecule has 7 heteroatoms. The molecule has 0 heterocycles. The van der Waals surface area contributed by atoms with Crippen molar-refractivity contribution in [3.8, 4) is 0 Å². The molecule has 1 aromatic carbocycles. The van der Waals surface area contributed by atoms with Crippen molar-refractivity contribution < 1.29 is 23.3 Å². The van der Waals surface area contributed by atoms with E-state index in [1.165, 1.54) is 4.90 Å². The Kier molecular flexibility index (Phi) is 5.82. The molecule has 5 nitrogen and oxygen atoms in total. The summed E-state index contributed by atoms with van der Waals surface area (Å²) in [5.41, 5.74) is -0.112. The Balaban J connectivity index is 2.70. The SMILES string of the molecule is CN(C)C(=O)CCCS(=O)c1cc(C(=O)O)ccc1F. The minimum absolute atomic E-state index is 0.0956. The second kappa shape index (κ2) is 7.14. The summed E-state index contributed by atoms with van der Waals surface area (Å²) in [7, 11) is 1.58. The molecule has 0 radical (unpaired) electrons. The van der Waals surface area contributed by atoms with Crippen LogP contribution in [0.25, 0.3) is 0 Å². The second-order valence-corrected chi connectivity index (χ2v) is 5.93. The number of benzene rings is 1. The monoisotopic (exact) mass is 301 g/mol. The van der Waals surface area contributed by atoms with E-state index in [9.17, 15) is 18.2 Å². The maximum absolute atomic E-state index is 13.5. The minimum Gasteiger partial charge on any atom is -0.478 e. The predicted molar refractivity (Wildman–Crippen MR) is 72.6 cm³/mol. The van der Waals surface area contributed by atoms with E-state index >= 15 is 0 Å². The number of carbonyl (C=O) groups excluding carboxylic acids is 1. The van der Waals surface area contributed by atoms with Crippen LogP contribution in [0.1, 0.15) is 23.2 Å². The fourth-order valence-electron chi connectivity index (χ4n) is 1.50. The van der Waals surface area contributed by atoms with Gasteiger partial charge in [0.15, 0.2) is 0 Å². The fraction of sp³-hybridized carbons (Fsp3) is 0.385. The van der Waals surface area contributed by atoms with E-state index in [4.69, 9.17) is 5.11 Å². The zero-order valence-corrected chi connectivity index (χ0v) is 12.1. The lowest BCUT2D eigenvalue weighted by molar-refractivity contribution is -0.128. The number of carboxylic acids is 1. The molecule has 110 valence electrons. The van der Waals surface area contributed by atoms with Gasteiger partial charge in [0.05, 0.1) is 21.3 Å². The van der Waals surface area contributed by atoms with Crippen LogP contribution in [0, 0.1) is 5.82 Å². The van der Waals surface area contributed by atoms with Gasteiger partial charge in [-0.2, -0.15) is 0 Å². The van der Waals surface area contributed by atoms with Gasteiger partial charge in [0.2, 0.25) is 5.91 Å². The molecule has 20 heavy (non-hydrogen) atoms. The molecule has 1 aromatic rings. The van der Waals surface area contributed by atoms with Crippen LogP contribution in [0.3, 0.4) is 0 Å². The molecule has 0 spiro atoms. The van der Waals surface area contributed by atoms with Gasteiger partial charge in [-0.3, -0.25) is 9.00 Å². The smallest absolute Gasteiger partial charge is 0.335 e. The Morgan fingerprint density at radius 1 is 1.35 bits per heavy atom. The molecule has 1 amide bonds. The third kappa shape index (κ3) is 4.41. The number of carboxylic acid groups (broad SMARTS) is 1. The van der Waals surface area contributed by atoms with Crippen molar-refractivity contribution in [2.45, 2.75) is 17.7 Å². The van der Waals surface area contributed by atoms with E-state index in [1.807, 2.05) is 0 Å². The van der Waals surface area contributed by atoms with Gasteiger partial charge in [0.1, 0.15) is 5.82 Å². The molecule has 0 aliphatic heterocycles. The van der Waals surface area contributed by atoms with Crippen molar-refractivity contribution >= 4 is 22.7 Å². The van der Waals surface area contributed by atoms with E-state index in [-0.39, 0.29) is 28.5 Å². The molecule has 0 saturated heterocycles. The van der Waals surface area contributed by atoms with Crippen LogP contribution in [0.4, 0.5) is 4.39 Å². The average molecular weight is 301 g/mol. The summed E-state index contributed by atoms with van der Waals surface area (Å²) in [5, 5.41) is 8.82. The Hall–Kier alpha value is -1.76. The summed E-state index contributed by atoms with van der Waals surface area (Å²) in [6.07, 6.45) is 0.569. The quantitative estimate of drug-likeness (QED) is 0.864.